The van der Waals surface area contributed by atoms with Gasteiger partial charge in [0.1, 0.15) is 0 Å². The van der Waals surface area contributed by atoms with Crippen molar-refractivity contribution in [2.24, 2.45) is 0 Å². The predicted octanol–water partition coefficient (Wildman–Crippen LogP) is -2.62. The Hall–Kier alpha value is -0.910. The van der Waals surface area contributed by atoms with Crippen molar-refractivity contribution in [3.8, 4) is 0 Å². The van der Waals surface area contributed by atoms with Crippen molar-refractivity contribution in [1.29, 1.82) is 0 Å². The number of carbonyl (C=O) groups is 3. The van der Waals surface area contributed by atoms with Crippen molar-refractivity contribution >= 4 is 25.2 Å². The van der Waals surface area contributed by atoms with Crippen molar-refractivity contribution in [2.45, 2.75) is 19.3 Å². The number of halogens is 1. The molecule has 7 nitrogen and oxygen atoms in total. The summed E-state index contributed by atoms with van der Waals surface area (Å²) in [6.07, 6.45) is -0.284. The van der Waals surface area contributed by atoms with Crippen LogP contribution < -0.4 is 12.4 Å². The summed E-state index contributed by atoms with van der Waals surface area (Å²) >= 11 is 0. The number of aliphatic hydroxyl groups is 1. The Morgan fingerprint density at radius 1 is 0.737 bits per heavy atom. The molecule has 0 saturated heterocycles. The molecule has 0 saturated carbocycles. The molecular weight excluding hydrogens is 299 g/mol. The fourth-order valence-corrected chi connectivity index (χ4v) is 4.64. The maximum Gasteiger partial charge on any atom is 0.307 e. The molecule has 0 unspecified atom stereocenters. The highest BCUT2D eigenvalue weighted by Gasteiger charge is 2.38. The van der Waals surface area contributed by atoms with Crippen LogP contribution >= 0.6 is 7.26 Å². The van der Waals surface area contributed by atoms with Gasteiger partial charge in [0.2, 0.25) is 0 Å². The van der Waals surface area contributed by atoms with Crippen LogP contribution in [0.25, 0.3) is 0 Å². The molecule has 19 heavy (non-hydrogen) atoms. The minimum absolute atomic E-state index is 0. The first kappa shape index (κ1) is 20.4. The number of hydrogen-bond donors (Lipinski definition) is 4. The minimum Gasteiger partial charge on any atom is -1.00 e. The molecule has 0 bridgehead atoms. The van der Waals surface area contributed by atoms with E-state index in [4.69, 9.17) is 15.3 Å². The highest BCUT2D eigenvalue weighted by molar-refractivity contribution is 7.75. The first-order valence-corrected chi connectivity index (χ1v) is 7.95. The van der Waals surface area contributed by atoms with Crippen LogP contribution in [0.5, 0.6) is 0 Å². The van der Waals surface area contributed by atoms with E-state index in [1.165, 1.54) is 0 Å². The summed E-state index contributed by atoms with van der Waals surface area (Å²) in [4.78, 5) is 31.6. The molecule has 0 fully saturated rings. The van der Waals surface area contributed by atoms with Gasteiger partial charge in [-0.05, 0) is 0 Å². The Morgan fingerprint density at radius 3 is 1.16 bits per heavy atom. The third-order valence-electron chi connectivity index (χ3n) is 2.70. The van der Waals surface area contributed by atoms with Gasteiger partial charge < -0.3 is 32.8 Å². The van der Waals surface area contributed by atoms with Crippen LogP contribution in [0.15, 0.2) is 0 Å². The van der Waals surface area contributed by atoms with Crippen LogP contribution in [0, 0.1) is 0 Å². The number of rotatable bonds is 10. The fraction of sp³-hybridized carbons (Fsp3) is 0.700. The molecule has 0 aromatic carbocycles. The molecule has 0 aromatic rings. The summed E-state index contributed by atoms with van der Waals surface area (Å²) in [6.45, 7) is 0. The summed E-state index contributed by atoms with van der Waals surface area (Å²) in [5.41, 5.74) is 0. The van der Waals surface area contributed by atoms with Crippen LogP contribution in [-0.2, 0) is 14.4 Å². The van der Waals surface area contributed by atoms with Gasteiger partial charge in [0, 0.05) is 7.26 Å². The van der Waals surface area contributed by atoms with Gasteiger partial charge in [-0.2, -0.15) is 0 Å². The zero-order valence-electron chi connectivity index (χ0n) is 10.3. The van der Waals surface area contributed by atoms with Crippen molar-refractivity contribution in [3.63, 3.8) is 0 Å². The summed E-state index contributed by atoms with van der Waals surface area (Å²) in [6, 6.07) is 0. The Labute approximate surface area is 117 Å². The topological polar surface area (TPSA) is 132 Å². The van der Waals surface area contributed by atoms with Crippen LogP contribution in [0.2, 0.25) is 0 Å². The molecule has 9 heteroatoms. The third kappa shape index (κ3) is 9.64. The lowest BCUT2D eigenvalue weighted by molar-refractivity contribution is -0.137. The second kappa shape index (κ2) is 9.95. The number of carboxylic acid groups (broad SMARTS) is 3. The lowest BCUT2D eigenvalue weighted by atomic mass is 10.5. The second-order valence-electron chi connectivity index (χ2n) is 4.09. The Bertz CT molecular complexity index is 275. The average molecular weight is 317 g/mol. The molecule has 0 aliphatic heterocycles. The van der Waals surface area contributed by atoms with E-state index >= 15 is 0 Å². The fourth-order valence-electron chi connectivity index (χ4n) is 1.55. The molecule has 0 aromatic heterocycles. The molecule has 0 aliphatic rings. The van der Waals surface area contributed by atoms with Crippen LogP contribution in [-0.4, -0.2) is 63.2 Å². The molecule has 0 radical (unpaired) electrons. The van der Waals surface area contributed by atoms with Crippen molar-refractivity contribution in [2.75, 3.05) is 24.8 Å². The number of aliphatic carboxylic acids is 3. The molecule has 0 amide bonds. The second-order valence-corrected chi connectivity index (χ2v) is 8.39. The number of hydrogen-bond acceptors (Lipinski definition) is 4. The summed E-state index contributed by atoms with van der Waals surface area (Å²) in [5.74, 6) is -3.09. The summed E-state index contributed by atoms with van der Waals surface area (Å²) in [5, 5.41) is 35.3. The first-order valence-electron chi connectivity index (χ1n) is 5.42. The molecule has 4 N–H and O–H groups in total. The molecule has 0 spiro atoms. The van der Waals surface area contributed by atoms with E-state index in [-0.39, 0.29) is 56.5 Å². The number of aliphatic hydroxyl groups excluding tert-OH is 1. The Balaban J connectivity index is 0. The minimum atomic E-state index is -2.23. The highest BCUT2D eigenvalue weighted by Crippen LogP contribution is 2.59. The monoisotopic (exact) mass is 316 g/mol. The van der Waals surface area contributed by atoms with Gasteiger partial charge in [-0.15, -0.1) is 0 Å². The molecule has 0 aliphatic carbocycles. The van der Waals surface area contributed by atoms with E-state index in [0.29, 0.717) is 0 Å². The lowest BCUT2D eigenvalue weighted by Crippen LogP contribution is -3.00. The van der Waals surface area contributed by atoms with E-state index in [2.05, 4.69) is 0 Å². The zero-order valence-corrected chi connectivity index (χ0v) is 11.9. The maximum atomic E-state index is 10.5. The standard InChI is InChI=1S/C10H17O7P.ClH/c11-7-18(4-1-8(12)13,5-2-9(14)15)6-3-10(16)17;/h11H,1-7H2,(H2-,12,13,14,15,16,17);1H. The van der Waals surface area contributed by atoms with Gasteiger partial charge in [0.05, 0.1) is 37.7 Å². The predicted molar refractivity (Wildman–Crippen MR) is 65.4 cm³/mol. The molecule has 0 heterocycles. The number of carboxylic acids is 3. The van der Waals surface area contributed by atoms with Crippen LogP contribution in [0.1, 0.15) is 19.3 Å². The van der Waals surface area contributed by atoms with Gasteiger partial charge in [-0.25, -0.2) is 0 Å². The smallest absolute Gasteiger partial charge is 0.307 e. The summed E-state index contributed by atoms with van der Waals surface area (Å²) in [7, 11) is -2.23. The van der Waals surface area contributed by atoms with Crippen LogP contribution in [0.3, 0.4) is 0 Å². The first-order chi connectivity index (χ1) is 8.31. The maximum absolute atomic E-state index is 10.5. The van der Waals surface area contributed by atoms with E-state index in [9.17, 15) is 19.5 Å². The SMILES string of the molecule is O=C(O)CC[P+](CO)(CCC(=O)O)CCC(=O)O.[Cl-]. The van der Waals surface area contributed by atoms with Crippen molar-refractivity contribution < 1.29 is 47.2 Å². The largest absolute Gasteiger partial charge is 1.00 e. The van der Waals surface area contributed by atoms with Gasteiger partial charge >= 0.3 is 17.9 Å². The van der Waals surface area contributed by atoms with Gasteiger partial charge in [0.15, 0.2) is 6.35 Å². The van der Waals surface area contributed by atoms with Gasteiger partial charge in [-0.1, -0.05) is 0 Å². The average Bonchev–Trinajstić information content (AvgIpc) is 2.28. The normalized spacial score (nSPS) is 10.6. The van der Waals surface area contributed by atoms with Crippen molar-refractivity contribution in [3.05, 3.63) is 0 Å². The van der Waals surface area contributed by atoms with Crippen molar-refractivity contribution in [1.82, 2.24) is 0 Å². The summed E-state index contributed by atoms with van der Waals surface area (Å²) < 4.78 is 0. The third-order valence-corrected chi connectivity index (χ3v) is 6.82. The van der Waals surface area contributed by atoms with Gasteiger partial charge in [-0.3, -0.25) is 14.4 Å². The highest BCUT2D eigenvalue weighted by atomic mass is 35.5. The molecule has 112 valence electrons. The molecule has 0 rings (SSSR count). The molecular formula is C10H18ClO7P. The lowest BCUT2D eigenvalue weighted by Gasteiger charge is -2.23. The van der Waals surface area contributed by atoms with E-state index in [1.54, 1.807) is 0 Å². The molecule has 0 atom stereocenters. The Kier molecular flexibility index (Phi) is 10.7. The van der Waals surface area contributed by atoms with E-state index in [0.717, 1.165) is 0 Å². The quantitative estimate of drug-likeness (QED) is 0.324. The van der Waals surface area contributed by atoms with E-state index < -0.39 is 25.2 Å². The zero-order chi connectivity index (χ0) is 14.2. The van der Waals surface area contributed by atoms with E-state index in [1.807, 2.05) is 0 Å². The Morgan fingerprint density at radius 2 is 1.00 bits per heavy atom. The van der Waals surface area contributed by atoms with Crippen LogP contribution in [0.4, 0.5) is 0 Å². The van der Waals surface area contributed by atoms with Gasteiger partial charge in [0.25, 0.3) is 0 Å².